The largest absolute Gasteiger partial charge is 0.351 e. The van der Waals surface area contributed by atoms with Crippen molar-refractivity contribution in [1.29, 1.82) is 0 Å². The molecule has 2 N–H and O–H groups in total. The second-order valence-electron chi connectivity index (χ2n) is 4.52. The van der Waals surface area contributed by atoms with Crippen LogP contribution in [-0.4, -0.2) is 34.9 Å². The molecule has 106 valence electrons. The molecular weight excluding hydrogens is 256 g/mol. The van der Waals surface area contributed by atoms with Crippen molar-refractivity contribution in [1.82, 2.24) is 20.0 Å². The minimum Gasteiger partial charge on any atom is -0.351 e. The van der Waals surface area contributed by atoms with E-state index in [4.69, 9.17) is 0 Å². The molecule has 0 fully saturated rings. The number of fused-ring (bicyclic) bond motifs is 1. The second kappa shape index (κ2) is 6.29. The van der Waals surface area contributed by atoms with Gasteiger partial charge in [-0.25, -0.2) is 4.98 Å². The zero-order chi connectivity index (χ0) is 14.5. The number of amides is 1. The zero-order valence-corrected chi connectivity index (χ0v) is 11.6. The molecule has 2 heterocycles. The normalized spacial score (nSPS) is 10.7. The van der Waals surface area contributed by atoms with Crippen molar-refractivity contribution in [2.75, 3.05) is 19.6 Å². The first-order valence-corrected chi connectivity index (χ1v) is 6.60. The van der Waals surface area contributed by atoms with E-state index in [9.17, 15) is 9.59 Å². The van der Waals surface area contributed by atoms with E-state index in [1.165, 1.54) is 10.6 Å². The van der Waals surface area contributed by atoms with E-state index in [-0.39, 0.29) is 11.1 Å². The molecular formula is C14H18N4O2. The standard InChI is InChI=1S/C14H18N4O2/c1-3-15-5-6-16-13(19)11-9-17-12-8-10(2)4-7-18(12)14(11)20/h4,7-9,15H,3,5-6H2,1-2H3,(H,16,19). The Morgan fingerprint density at radius 1 is 1.40 bits per heavy atom. The van der Waals surface area contributed by atoms with Crippen molar-refractivity contribution >= 4 is 11.6 Å². The summed E-state index contributed by atoms with van der Waals surface area (Å²) in [5.74, 6) is -0.393. The summed E-state index contributed by atoms with van der Waals surface area (Å²) in [5, 5.41) is 5.79. The maximum atomic E-state index is 12.2. The fourth-order valence-electron chi connectivity index (χ4n) is 1.87. The quantitative estimate of drug-likeness (QED) is 0.771. The highest BCUT2D eigenvalue weighted by atomic mass is 16.2. The van der Waals surface area contributed by atoms with E-state index in [1.54, 1.807) is 12.3 Å². The number of carbonyl (C=O) groups excluding carboxylic acids is 1. The van der Waals surface area contributed by atoms with Crippen molar-refractivity contribution in [3.8, 4) is 0 Å². The number of likely N-dealkylation sites (N-methyl/N-ethyl adjacent to an activating group) is 1. The van der Waals surface area contributed by atoms with Gasteiger partial charge in [0.25, 0.3) is 11.5 Å². The molecule has 0 bridgehead atoms. The van der Waals surface area contributed by atoms with Crippen LogP contribution in [0.5, 0.6) is 0 Å². The lowest BCUT2D eigenvalue weighted by atomic mass is 10.2. The van der Waals surface area contributed by atoms with Gasteiger partial charge < -0.3 is 10.6 Å². The van der Waals surface area contributed by atoms with Crippen LogP contribution in [-0.2, 0) is 0 Å². The topological polar surface area (TPSA) is 75.5 Å². The minimum absolute atomic E-state index is 0.0582. The Morgan fingerprint density at radius 3 is 2.95 bits per heavy atom. The van der Waals surface area contributed by atoms with Gasteiger partial charge in [-0.15, -0.1) is 0 Å². The smallest absolute Gasteiger partial charge is 0.270 e. The number of nitrogens with zero attached hydrogens (tertiary/aromatic N) is 2. The molecule has 0 aliphatic carbocycles. The maximum absolute atomic E-state index is 12.2. The van der Waals surface area contributed by atoms with Gasteiger partial charge in [-0.05, 0) is 31.2 Å². The summed E-state index contributed by atoms with van der Waals surface area (Å²) in [6, 6.07) is 3.61. The van der Waals surface area contributed by atoms with Gasteiger partial charge in [0.05, 0.1) is 0 Å². The lowest BCUT2D eigenvalue weighted by molar-refractivity contribution is 0.0952. The van der Waals surface area contributed by atoms with Crippen LogP contribution in [0.1, 0.15) is 22.8 Å². The van der Waals surface area contributed by atoms with Crippen LogP contribution >= 0.6 is 0 Å². The maximum Gasteiger partial charge on any atom is 0.270 e. The molecule has 0 saturated heterocycles. The molecule has 0 unspecified atom stereocenters. The number of pyridine rings is 1. The van der Waals surface area contributed by atoms with Crippen LogP contribution in [0.25, 0.3) is 5.65 Å². The van der Waals surface area contributed by atoms with Crippen LogP contribution in [0.2, 0.25) is 0 Å². The summed E-state index contributed by atoms with van der Waals surface area (Å²) in [6.45, 7) is 5.90. The van der Waals surface area contributed by atoms with Crippen molar-refractivity contribution in [3.63, 3.8) is 0 Å². The van der Waals surface area contributed by atoms with E-state index < -0.39 is 5.91 Å². The zero-order valence-electron chi connectivity index (χ0n) is 11.6. The summed E-state index contributed by atoms with van der Waals surface area (Å²) in [7, 11) is 0. The van der Waals surface area contributed by atoms with Gasteiger partial charge in [0.15, 0.2) is 0 Å². The third-order valence-corrected chi connectivity index (χ3v) is 2.95. The van der Waals surface area contributed by atoms with Gasteiger partial charge in [0, 0.05) is 25.5 Å². The predicted molar refractivity (Wildman–Crippen MR) is 77.1 cm³/mol. The van der Waals surface area contributed by atoms with Crippen LogP contribution in [0.4, 0.5) is 0 Å². The fraction of sp³-hybridized carbons (Fsp3) is 0.357. The average Bonchev–Trinajstić information content (AvgIpc) is 2.43. The van der Waals surface area contributed by atoms with Crippen molar-refractivity contribution < 1.29 is 4.79 Å². The summed E-state index contributed by atoms with van der Waals surface area (Å²) in [5.41, 5.74) is 1.26. The van der Waals surface area contributed by atoms with Gasteiger partial charge in [0.2, 0.25) is 0 Å². The summed E-state index contributed by atoms with van der Waals surface area (Å²) < 4.78 is 1.38. The average molecular weight is 274 g/mol. The molecule has 0 aliphatic rings. The van der Waals surface area contributed by atoms with E-state index in [2.05, 4.69) is 15.6 Å². The molecule has 6 nitrogen and oxygen atoms in total. The van der Waals surface area contributed by atoms with Gasteiger partial charge in [-0.2, -0.15) is 0 Å². The first-order valence-electron chi connectivity index (χ1n) is 6.60. The summed E-state index contributed by atoms with van der Waals surface area (Å²) in [6.07, 6.45) is 2.97. The molecule has 0 aromatic carbocycles. The van der Waals surface area contributed by atoms with Crippen molar-refractivity contribution in [3.05, 3.63) is 46.0 Å². The Balaban J connectivity index is 2.22. The van der Waals surface area contributed by atoms with E-state index >= 15 is 0 Å². The van der Waals surface area contributed by atoms with E-state index in [0.29, 0.717) is 18.7 Å². The Bertz CT molecular complexity index is 678. The fourth-order valence-corrected chi connectivity index (χ4v) is 1.87. The van der Waals surface area contributed by atoms with Crippen molar-refractivity contribution in [2.45, 2.75) is 13.8 Å². The van der Waals surface area contributed by atoms with E-state index in [1.807, 2.05) is 19.9 Å². The minimum atomic E-state index is -0.393. The first-order chi connectivity index (χ1) is 9.63. The van der Waals surface area contributed by atoms with Crippen LogP contribution in [0.3, 0.4) is 0 Å². The molecule has 1 amide bonds. The summed E-state index contributed by atoms with van der Waals surface area (Å²) in [4.78, 5) is 28.3. The number of hydrogen-bond acceptors (Lipinski definition) is 4. The Morgan fingerprint density at radius 2 is 2.20 bits per heavy atom. The Labute approximate surface area is 116 Å². The van der Waals surface area contributed by atoms with Gasteiger partial charge >= 0.3 is 0 Å². The number of hydrogen-bond donors (Lipinski definition) is 2. The molecule has 20 heavy (non-hydrogen) atoms. The summed E-state index contributed by atoms with van der Waals surface area (Å²) >= 11 is 0. The highest BCUT2D eigenvalue weighted by molar-refractivity contribution is 5.93. The molecule has 0 radical (unpaired) electrons. The predicted octanol–water partition coefficient (Wildman–Crippen LogP) is 0.342. The van der Waals surface area contributed by atoms with Gasteiger partial charge in [-0.3, -0.25) is 14.0 Å². The van der Waals surface area contributed by atoms with E-state index in [0.717, 1.165) is 12.1 Å². The van der Waals surface area contributed by atoms with Crippen LogP contribution < -0.4 is 16.2 Å². The second-order valence-corrected chi connectivity index (χ2v) is 4.52. The van der Waals surface area contributed by atoms with Crippen LogP contribution in [0.15, 0.2) is 29.3 Å². The third kappa shape index (κ3) is 3.03. The lowest BCUT2D eigenvalue weighted by Gasteiger charge is -2.06. The van der Waals surface area contributed by atoms with Crippen molar-refractivity contribution in [2.24, 2.45) is 0 Å². The third-order valence-electron chi connectivity index (χ3n) is 2.95. The Kier molecular flexibility index (Phi) is 4.47. The molecule has 2 rings (SSSR count). The lowest BCUT2D eigenvalue weighted by Crippen LogP contribution is -2.35. The van der Waals surface area contributed by atoms with Crippen LogP contribution in [0, 0.1) is 6.92 Å². The van der Waals surface area contributed by atoms with Gasteiger partial charge in [-0.1, -0.05) is 6.92 Å². The monoisotopic (exact) mass is 274 g/mol. The molecule has 0 atom stereocenters. The number of aromatic nitrogens is 2. The molecule has 0 aliphatic heterocycles. The molecule has 0 saturated carbocycles. The molecule has 2 aromatic heterocycles. The highest BCUT2D eigenvalue weighted by Crippen LogP contribution is 2.02. The molecule has 2 aromatic rings. The highest BCUT2D eigenvalue weighted by Gasteiger charge is 2.12. The number of rotatable bonds is 5. The SMILES string of the molecule is CCNCCNC(=O)c1cnc2cc(C)ccn2c1=O. The number of aryl methyl sites for hydroxylation is 1. The van der Waals surface area contributed by atoms with Gasteiger partial charge in [0.1, 0.15) is 11.2 Å². The molecule has 0 spiro atoms. The Hall–Kier alpha value is -2.21. The number of nitrogens with one attached hydrogen (secondary N) is 2. The number of carbonyl (C=O) groups is 1. The first kappa shape index (κ1) is 14.2. The molecule has 6 heteroatoms.